The number of pyridine rings is 1. The van der Waals surface area contributed by atoms with E-state index in [1.165, 1.54) is 12.3 Å². The molecule has 4 aromatic rings. The first kappa shape index (κ1) is 22.3. The Balaban J connectivity index is 1.23. The second kappa shape index (κ2) is 9.75. The number of imidazole rings is 1. The number of aromatic amines is 2. The molecule has 0 radical (unpaired) electrons. The van der Waals surface area contributed by atoms with Crippen LogP contribution < -0.4 is 0 Å². The number of H-pyrrole nitrogens is 2. The van der Waals surface area contributed by atoms with Crippen LogP contribution in [0, 0.1) is 23.1 Å². The van der Waals surface area contributed by atoms with Gasteiger partial charge in [0.15, 0.2) is 11.5 Å². The average Bonchev–Trinajstić information content (AvgIpc) is 3.55. The number of fused-ring (bicyclic) bond motifs is 1. The van der Waals surface area contributed by atoms with Gasteiger partial charge in [-0.05, 0) is 53.8 Å². The predicted molar refractivity (Wildman–Crippen MR) is 130 cm³/mol. The van der Waals surface area contributed by atoms with Crippen LogP contribution in [0.25, 0.3) is 17.1 Å². The summed E-state index contributed by atoms with van der Waals surface area (Å²) in [5.74, 6) is 5.53. The van der Waals surface area contributed by atoms with Crippen molar-refractivity contribution >= 4 is 28.7 Å². The summed E-state index contributed by atoms with van der Waals surface area (Å²) in [4.78, 5) is 28.7. The number of ether oxygens (including phenoxy) is 1. The van der Waals surface area contributed by atoms with E-state index in [0.29, 0.717) is 60.0 Å². The fourth-order valence-electron chi connectivity index (χ4n) is 3.65. The Hall–Kier alpha value is -4.55. The summed E-state index contributed by atoms with van der Waals surface area (Å²) in [7, 11) is 0. The number of amides is 1. The van der Waals surface area contributed by atoms with Crippen LogP contribution in [-0.2, 0) is 4.74 Å². The lowest BCUT2D eigenvalue weighted by molar-refractivity contribution is 0.0303. The lowest BCUT2D eigenvalue weighted by Gasteiger charge is -2.26. The van der Waals surface area contributed by atoms with Crippen LogP contribution >= 0.6 is 0 Å². The van der Waals surface area contributed by atoms with Gasteiger partial charge in [0.2, 0.25) is 0 Å². The Morgan fingerprint density at radius 2 is 1.91 bits per heavy atom. The third-order valence-electron chi connectivity index (χ3n) is 5.55. The molecule has 1 fully saturated rings. The molecule has 0 aliphatic carbocycles. The van der Waals surface area contributed by atoms with Crippen LogP contribution in [0.3, 0.4) is 0 Å². The van der Waals surface area contributed by atoms with Gasteiger partial charge in [0.1, 0.15) is 17.2 Å². The van der Waals surface area contributed by atoms with Crippen LogP contribution in [0.4, 0.5) is 4.39 Å². The molecule has 3 aromatic heterocycles. The molecule has 0 bridgehead atoms. The van der Waals surface area contributed by atoms with Crippen molar-refractivity contribution in [3.8, 4) is 11.8 Å². The largest absolute Gasteiger partial charge is 0.378 e. The number of carbonyl (C=O) groups excluding carboxylic acids is 1. The van der Waals surface area contributed by atoms with Gasteiger partial charge in [-0.25, -0.2) is 14.4 Å². The molecule has 1 amide bonds. The van der Waals surface area contributed by atoms with Crippen molar-refractivity contribution in [2.24, 2.45) is 0 Å². The van der Waals surface area contributed by atoms with Gasteiger partial charge in [0.25, 0.3) is 5.91 Å². The maximum Gasteiger partial charge on any atom is 0.254 e. The van der Waals surface area contributed by atoms with Crippen LogP contribution in [0.15, 0.2) is 54.9 Å². The second-order valence-corrected chi connectivity index (χ2v) is 7.90. The zero-order valence-electron chi connectivity index (χ0n) is 18.6. The molecule has 1 aromatic carbocycles. The Bertz CT molecular complexity index is 1480. The molecule has 9 heteroatoms. The normalized spacial score (nSPS) is 13.7. The number of aromatic nitrogens is 4. The van der Waals surface area contributed by atoms with Gasteiger partial charge >= 0.3 is 0 Å². The molecule has 0 saturated carbocycles. The number of rotatable bonds is 4. The van der Waals surface area contributed by atoms with Crippen molar-refractivity contribution in [1.82, 2.24) is 24.8 Å². The lowest BCUT2D eigenvalue weighted by Crippen LogP contribution is -2.40. The monoisotopic (exact) mass is 468 g/mol. The number of nitrogens with zero attached hydrogens (tertiary/aromatic N) is 3. The van der Waals surface area contributed by atoms with E-state index in [1.54, 1.807) is 53.6 Å². The standard InChI is InChI=1S/C26H21FN6O2/c27-21-15-19-9-10-29-25(19)32-23(21)7-5-20-16-30-24(31-20)8-6-22(28)17-1-3-18(4-2-17)26(34)33-11-13-35-14-12-33/h1-4,6,8-10,15-16,28H,11-14H2,(H,29,32)(H,30,31)/b8-6-,28-22?. The summed E-state index contributed by atoms with van der Waals surface area (Å²) in [6, 6.07) is 10.1. The van der Waals surface area contributed by atoms with Gasteiger partial charge in [-0.3, -0.25) is 4.79 Å². The number of halogens is 1. The number of allylic oxidation sites excluding steroid dienone is 1. The molecule has 35 heavy (non-hydrogen) atoms. The number of hydrogen-bond donors (Lipinski definition) is 3. The van der Waals surface area contributed by atoms with E-state index < -0.39 is 5.82 Å². The Morgan fingerprint density at radius 1 is 1.14 bits per heavy atom. The Labute approximate surface area is 200 Å². The van der Waals surface area contributed by atoms with Crippen molar-refractivity contribution in [1.29, 1.82) is 5.41 Å². The maximum atomic E-state index is 14.2. The minimum atomic E-state index is -0.490. The maximum absolute atomic E-state index is 14.2. The first-order chi connectivity index (χ1) is 17.1. The molecular weight excluding hydrogens is 447 g/mol. The SMILES string of the molecule is N=C(/C=C\c1ncc(C#Cc2nc3[nH]ccc3cc2F)[nH]1)c1ccc(C(=O)N2CCOCC2)cc1. The van der Waals surface area contributed by atoms with E-state index in [0.717, 1.165) is 0 Å². The van der Waals surface area contributed by atoms with Gasteiger partial charge in [-0.15, -0.1) is 0 Å². The summed E-state index contributed by atoms with van der Waals surface area (Å²) in [5, 5.41) is 8.99. The smallest absolute Gasteiger partial charge is 0.254 e. The molecule has 1 aliphatic rings. The van der Waals surface area contributed by atoms with Crippen LogP contribution in [0.2, 0.25) is 0 Å². The van der Waals surface area contributed by atoms with Crippen molar-refractivity contribution in [2.75, 3.05) is 26.3 Å². The summed E-state index contributed by atoms with van der Waals surface area (Å²) in [5.41, 5.74) is 2.64. The number of carbonyl (C=O) groups is 1. The van der Waals surface area contributed by atoms with Crippen LogP contribution in [-0.4, -0.2) is 62.8 Å². The highest BCUT2D eigenvalue weighted by Gasteiger charge is 2.18. The molecule has 5 rings (SSSR count). The number of hydrogen-bond acceptors (Lipinski definition) is 5. The number of benzene rings is 1. The molecule has 0 atom stereocenters. The highest BCUT2D eigenvalue weighted by molar-refractivity contribution is 6.09. The molecule has 8 nitrogen and oxygen atoms in total. The van der Waals surface area contributed by atoms with Crippen molar-refractivity contribution < 1.29 is 13.9 Å². The minimum absolute atomic E-state index is 0.0333. The third kappa shape index (κ3) is 5.03. The summed E-state index contributed by atoms with van der Waals surface area (Å²) in [6.45, 7) is 2.27. The molecule has 3 N–H and O–H groups in total. The second-order valence-electron chi connectivity index (χ2n) is 7.90. The van der Waals surface area contributed by atoms with Crippen LogP contribution in [0.5, 0.6) is 0 Å². The highest BCUT2D eigenvalue weighted by atomic mass is 19.1. The van der Waals surface area contributed by atoms with E-state index >= 15 is 0 Å². The lowest BCUT2D eigenvalue weighted by atomic mass is 10.1. The van der Waals surface area contributed by atoms with E-state index in [9.17, 15) is 9.18 Å². The topological polar surface area (TPSA) is 111 Å². The van der Waals surface area contributed by atoms with Gasteiger partial charge in [-0.1, -0.05) is 12.1 Å². The molecule has 174 valence electrons. The summed E-state index contributed by atoms with van der Waals surface area (Å²) in [6.07, 6.45) is 6.49. The highest BCUT2D eigenvalue weighted by Crippen LogP contribution is 2.14. The van der Waals surface area contributed by atoms with E-state index in [1.807, 2.05) is 0 Å². The average molecular weight is 468 g/mol. The molecule has 1 saturated heterocycles. The van der Waals surface area contributed by atoms with Crippen molar-refractivity contribution in [3.05, 3.63) is 89.0 Å². The Morgan fingerprint density at radius 3 is 2.71 bits per heavy atom. The molecule has 0 spiro atoms. The molecule has 1 aliphatic heterocycles. The molecular formula is C26H21FN6O2. The van der Waals surface area contributed by atoms with E-state index in [2.05, 4.69) is 31.8 Å². The fraction of sp³-hybridized carbons (Fsp3) is 0.154. The van der Waals surface area contributed by atoms with Crippen molar-refractivity contribution in [3.63, 3.8) is 0 Å². The number of nitrogens with one attached hydrogen (secondary N) is 3. The predicted octanol–water partition coefficient (Wildman–Crippen LogP) is 3.38. The van der Waals surface area contributed by atoms with Crippen molar-refractivity contribution in [2.45, 2.75) is 0 Å². The minimum Gasteiger partial charge on any atom is -0.378 e. The van der Waals surface area contributed by atoms with Gasteiger partial charge < -0.3 is 25.0 Å². The molecule has 4 heterocycles. The fourth-order valence-corrected chi connectivity index (χ4v) is 3.65. The third-order valence-corrected chi connectivity index (χ3v) is 5.55. The quantitative estimate of drug-likeness (QED) is 0.315. The first-order valence-corrected chi connectivity index (χ1v) is 11.0. The van der Waals surface area contributed by atoms with Gasteiger partial charge in [0.05, 0.1) is 25.1 Å². The van der Waals surface area contributed by atoms with E-state index in [-0.39, 0.29) is 17.3 Å². The first-order valence-electron chi connectivity index (χ1n) is 11.0. The van der Waals surface area contributed by atoms with Gasteiger partial charge in [0, 0.05) is 30.2 Å². The van der Waals surface area contributed by atoms with Crippen LogP contribution in [0.1, 0.15) is 33.1 Å². The summed E-state index contributed by atoms with van der Waals surface area (Å²) < 4.78 is 19.5. The molecule has 0 unspecified atom stereocenters. The summed E-state index contributed by atoms with van der Waals surface area (Å²) >= 11 is 0. The zero-order valence-corrected chi connectivity index (χ0v) is 18.6. The zero-order chi connectivity index (χ0) is 24.2. The number of morpholine rings is 1. The van der Waals surface area contributed by atoms with Gasteiger partial charge in [-0.2, -0.15) is 0 Å². The van der Waals surface area contributed by atoms with E-state index in [4.69, 9.17) is 10.1 Å². The Kier molecular flexibility index (Phi) is 6.20.